The van der Waals surface area contributed by atoms with Gasteiger partial charge in [0.25, 0.3) is 0 Å². The Morgan fingerprint density at radius 2 is 2.04 bits per heavy atom. The van der Waals surface area contributed by atoms with Crippen LogP contribution in [0.25, 0.3) is 11.4 Å². The summed E-state index contributed by atoms with van der Waals surface area (Å²) in [6, 6.07) is 6.14. The number of nitrogens with zero attached hydrogens (tertiary/aromatic N) is 4. The van der Waals surface area contributed by atoms with Crippen LogP contribution in [0.1, 0.15) is 36.1 Å². The van der Waals surface area contributed by atoms with E-state index in [1.54, 1.807) is 24.5 Å². The molecular weight excluding hydrogens is 349 g/mol. The van der Waals surface area contributed by atoms with Crippen LogP contribution >= 0.6 is 0 Å². The van der Waals surface area contributed by atoms with Crippen molar-refractivity contribution < 1.29 is 13.9 Å². The molecule has 0 bridgehead atoms. The van der Waals surface area contributed by atoms with Crippen molar-refractivity contribution in [2.45, 2.75) is 26.8 Å². The molecule has 3 aromatic rings. The molecule has 2 aromatic heterocycles. The molecule has 0 amide bonds. The maximum absolute atomic E-state index is 14.1. The molecule has 3 rings (SSSR count). The van der Waals surface area contributed by atoms with E-state index in [9.17, 15) is 9.18 Å². The lowest BCUT2D eigenvalue weighted by Gasteiger charge is -2.14. The number of esters is 1. The fourth-order valence-corrected chi connectivity index (χ4v) is 2.85. The quantitative estimate of drug-likeness (QED) is 0.687. The van der Waals surface area contributed by atoms with Crippen LogP contribution in [0, 0.1) is 12.7 Å². The fraction of sp³-hybridized carbons (Fsp3) is 0.263. The standard InChI is InChI=1S/C19H20FN5O2/c1-11(2)25-12(3)22-10-17(25)16-7-8-21-19(24-16)23-13-5-6-14(15(20)9-13)18(26)27-4/h5-11H,1-4H3,(H,21,23,24). The van der Waals surface area contributed by atoms with Crippen molar-refractivity contribution in [3.63, 3.8) is 0 Å². The highest BCUT2D eigenvalue weighted by atomic mass is 19.1. The average Bonchev–Trinajstić information content (AvgIpc) is 3.03. The summed E-state index contributed by atoms with van der Waals surface area (Å²) in [6.07, 6.45) is 3.39. The highest BCUT2D eigenvalue weighted by molar-refractivity contribution is 5.90. The zero-order valence-electron chi connectivity index (χ0n) is 15.5. The first-order valence-corrected chi connectivity index (χ1v) is 8.43. The second-order valence-corrected chi connectivity index (χ2v) is 6.23. The smallest absolute Gasteiger partial charge is 0.340 e. The van der Waals surface area contributed by atoms with Gasteiger partial charge < -0.3 is 14.6 Å². The topological polar surface area (TPSA) is 81.9 Å². The Labute approximate surface area is 156 Å². The summed E-state index contributed by atoms with van der Waals surface area (Å²) < 4.78 is 20.7. The van der Waals surface area contributed by atoms with Crippen LogP contribution in [0.3, 0.4) is 0 Å². The molecule has 7 nitrogen and oxygen atoms in total. The summed E-state index contributed by atoms with van der Waals surface area (Å²) in [5, 5.41) is 2.95. The summed E-state index contributed by atoms with van der Waals surface area (Å²) >= 11 is 0. The number of halogens is 1. The van der Waals surface area contributed by atoms with Gasteiger partial charge in [-0.1, -0.05) is 0 Å². The van der Waals surface area contributed by atoms with Gasteiger partial charge in [0.05, 0.1) is 30.3 Å². The van der Waals surface area contributed by atoms with E-state index in [2.05, 4.69) is 43.4 Å². The van der Waals surface area contributed by atoms with E-state index in [0.29, 0.717) is 17.3 Å². The van der Waals surface area contributed by atoms with Gasteiger partial charge in [0.2, 0.25) is 5.95 Å². The number of imidazole rings is 1. The second kappa shape index (κ2) is 7.53. The molecule has 0 saturated carbocycles. The number of rotatable bonds is 5. The summed E-state index contributed by atoms with van der Waals surface area (Å²) in [5.74, 6) is -0.202. The van der Waals surface area contributed by atoms with Gasteiger partial charge in [0.1, 0.15) is 11.6 Å². The Bertz CT molecular complexity index is 984. The third-order valence-electron chi connectivity index (χ3n) is 4.05. The Kier molecular flexibility index (Phi) is 5.16. The first-order valence-electron chi connectivity index (χ1n) is 8.43. The monoisotopic (exact) mass is 369 g/mol. The maximum atomic E-state index is 14.1. The van der Waals surface area contributed by atoms with Crippen LogP contribution in [0.4, 0.5) is 16.0 Å². The van der Waals surface area contributed by atoms with Crippen molar-refractivity contribution >= 4 is 17.6 Å². The summed E-state index contributed by atoms with van der Waals surface area (Å²) in [7, 11) is 1.21. The predicted octanol–water partition coefficient (Wildman–Crippen LogP) is 3.90. The van der Waals surface area contributed by atoms with Crippen LogP contribution in [-0.2, 0) is 4.74 Å². The number of aryl methyl sites for hydroxylation is 1. The Balaban J connectivity index is 1.89. The number of aromatic nitrogens is 4. The number of anilines is 2. The molecule has 0 unspecified atom stereocenters. The first kappa shape index (κ1) is 18.5. The molecule has 8 heteroatoms. The summed E-state index contributed by atoms with van der Waals surface area (Å²) in [6.45, 7) is 6.09. The second-order valence-electron chi connectivity index (χ2n) is 6.23. The van der Waals surface area contributed by atoms with E-state index in [4.69, 9.17) is 0 Å². The van der Waals surface area contributed by atoms with Crippen LogP contribution in [0.15, 0.2) is 36.7 Å². The lowest BCUT2D eigenvalue weighted by molar-refractivity contribution is 0.0595. The van der Waals surface area contributed by atoms with Gasteiger partial charge in [-0.3, -0.25) is 0 Å². The number of benzene rings is 1. The van der Waals surface area contributed by atoms with E-state index in [1.165, 1.54) is 19.2 Å². The molecule has 27 heavy (non-hydrogen) atoms. The van der Waals surface area contributed by atoms with E-state index in [0.717, 1.165) is 11.5 Å². The lowest BCUT2D eigenvalue weighted by Crippen LogP contribution is -2.07. The highest BCUT2D eigenvalue weighted by Gasteiger charge is 2.15. The van der Waals surface area contributed by atoms with Gasteiger partial charge >= 0.3 is 5.97 Å². The zero-order valence-corrected chi connectivity index (χ0v) is 15.5. The van der Waals surface area contributed by atoms with Gasteiger partial charge in [-0.15, -0.1) is 0 Å². The lowest BCUT2D eigenvalue weighted by atomic mass is 10.2. The minimum absolute atomic E-state index is 0.131. The molecule has 0 aliphatic heterocycles. The summed E-state index contributed by atoms with van der Waals surface area (Å²) in [4.78, 5) is 24.5. The third kappa shape index (κ3) is 3.79. The normalized spacial score (nSPS) is 10.9. The SMILES string of the molecule is COC(=O)c1ccc(Nc2nccc(-c3cnc(C)n3C(C)C)n2)cc1F. The van der Waals surface area contributed by atoms with Crippen LogP contribution < -0.4 is 5.32 Å². The number of ether oxygens (including phenoxy) is 1. The third-order valence-corrected chi connectivity index (χ3v) is 4.05. The van der Waals surface area contributed by atoms with Crippen LogP contribution in [-0.4, -0.2) is 32.6 Å². The van der Waals surface area contributed by atoms with E-state index < -0.39 is 11.8 Å². The van der Waals surface area contributed by atoms with Crippen molar-refractivity contribution in [3.8, 4) is 11.4 Å². The van der Waals surface area contributed by atoms with Crippen LogP contribution in [0.2, 0.25) is 0 Å². The number of carbonyl (C=O) groups excluding carboxylic acids is 1. The molecule has 0 fully saturated rings. The van der Waals surface area contributed by atoms with Crippen molar-refractivity contribution in [3.05, 3.63) is 53.9 Å². The van der Waals surface area contributed by atoms with E-state index in [1.807, 2.05) is 6.92 Å². The minimum Gasteiger partial charge on any atom is -0.465 e. The maximum Gasteiger partial charge on any atom is 0.340 e. The van der Waals surface area contributed by atoms with Crippen molar-refractivity contribution in [2.75, 3.05) is 12.4 Å². The summed E-state index contributed by atoms with van der Waals surface area (Å²) in [5.41, 5.74) is 1.87. The molecule has 0 radical (unpaired) electrons. The Morgan fingerprint density at radius 3 is 2.70 bits per heavy atom. The highest BCUT2D eigenvalue weighted by Crippen LogP contribution is 2.24. The van der Waals surface area contributed by atoms with E-state index in [-0.39, 0.29) is 11.6 Å². The molecule has 0 atom stereocenters. The average molecular weight is 369 g/mol. The first-order chi connectivity index (χ1) is 12.9. The fourth-order valence-electron chi connectivity index (χ4n) is 2.85. The predicted molar refractivity (Wildman–Crippen MR) is 99.4 cm³/mol. The molecule has 2 heterocycles. The molecule has 140 valence electrons. The van der Waals surface area contributed by atoms with Gasteiger partial charge in [-0.25, -0.2) is 24.1 Å². The van der Waals surface area contributed by atoms with Gasteiger partial charge in [0.15, 0.2) is 0 Å². The number of hydrogen-bond donors (Lipinski definition) is 1. The van der Waals surface area contributed by atoms with Crippen molar-refractivity contribution in [1.29, 1.82) is 0 Å². The van der Waals surface area contributed by atoms with Crippen LogP contribution in [0.5, 0.6) is 0 Å². The van der Waals surface area contributed by atoms with Gasteiger partial charge in [-0.05, 0) is 45.0 Å². The largest absolute Gasteiger partial charge is 0.465 e. The van der Waals surface area contributed by atoms with E-state index >= 15 is 0 Å². The Morgan fingerprint density at radius 1 is 1.26 bits per heavy atom. The molecule has 0 saturated heterocycles. The molecule has 1 aromatic carbocycles. The molecular formula is C19H20FN5O2. The molecule has 0 spiro atoms. The Hall–Kier alpha value is -3.29. The van der Waals surface area contributed by atoms with Crippen molar-refractivity contribution in [1.82, 2.24) is 19.5 Å². The number of methoxy groups -OCH3 is 1. The van der Waals surface area contributed by atoms with Crippen molar-refractivity contribution in [2.24, 2.45) is 0 Å². The number of carbonyl (C=O) groups is 1. The minimum atomic E-state index is -0.727. The number of nitrogens with one attached hydrogen (secondary N) is 1. The zero-order chi connectivity index (χ0) is 19.6. The van der Waals surface area contributed by atoms with Gasteiger partial charge in [-0.2, -0.15) is 0 Å². The van der Waals surface area contributed by atoms with Gasteiger partial charge in [0, 0.05) is 17.9 Å². The molecule has 0 aliphatic carbocycles. The number of hydrogen-bond acceptors (Lipinski definition) is 6. The molecule has 0 aliphatic rings. The molecule has 1 N–H and O–H groups in total.